The highest BCUT2D eigenvalue weighted by molar-refractivity contribution is 5.98. The predicted molar refractivity (Wildman–Crippen MR) is 123 cm³/mol. The molecule has 1 amide bonds. The zero-order valence-electron chi connectivity index (χ0n) is 18.2. The number of nitrogens with one attached hydrogen (secondary N) is 1. The monoisotopic (exact) mass is 415 g/mol. The van der Waals surface area contributed by atoms with Crippen molar-refractivity contribution < 1.29 is 14.3 Å². The van der Waals surface area contributed by atoms with Crippen LogP contribution in [0, 0.1) is 13.8 Å². The topological polar surface area (TPSA) is 55.4 Å². The summed E-state index contributed by atoms with van der Waals surface area (Å²) in [6.07, 6.45) is 0.406. The van der Waals surface area contributed by atoms with E-state index in [-0.39, 0.29) is 24.5 Å². The van der Waals surface area contributed by atoms with E-state index < -0.39 is 0 Å². The van der Waals surface area contributed by atoms with E-state index in [1.54, 1.807) is 0 Å². The number of Topliss-reactive ketones (excluding diaryl/α,β-unsaturated/α-hetero) is 1. The molecule has 1 N–H and O–H groups in total. The van der Waals surface area contributed by atoms with E-state index in [0.29, 0.717) is 25.3 Å². The molecule has 0 saturated heterocycles. The summed E-state index contributed by atoms with van der Waals surface area (Å²) in [6, 6.07) is 23.7. The molecule has 0 spiro atoms. The van der Waals surface area contributed by atoms with Crippen LogP contribution in [0.15, 0.2) is 72.8 Å². The summed E-state index contributed by atoms with van der Waals surface area (Å²) in [7, 11) is 0. The second kappa shape index (κ2) is 11.2. The molecule has 3 aromatic rings. The van der Waals surface area contributed by atoms with Crippen molar-refractivity contribution in [1.29, 1.82) is 0 Å². The van der Waals surface area contributed by atoms with Crippen molar-refractivity contribution in [2.45, 2.75) is 46.4 Å². The molecule has 0 bridgehead atoms. The number of ketones is 1. The van der Waals surface area contributed by atoms with Crippen LogP contribution in [0.3, 0.4) is 0 Å². The third-order valence-corrected chi connectivity index (χ3v) is 5.30. The highest BCUT2D eigenvalue weighted by atomic mass is 16.5. The van der Waals surface area contributed by atoms with E-state index >= 15 is 0 Å². The first-order chi connectivity index (χ1) is 15.0. The standard InChI is InChI=1S/C27H29NO3/c1-20-8-13-25(16-21(20)2)26(29)14-15-27(30)28-17-22-9-11-24(12-10-22)19-31-18-23-6-4-3-5-7-23/h3-13,16H,14-15,17-19H2,1-2H3,(H,28,30). The van der Waals surface area contributed by atoms with Crippen molar-refractivity contribution in [3.63, 3.8) is 0 Å². The average Bonchev–Trinajstić information content (AvgIpc) is 2.79. The maximum atomic E-state index is 12.3. The largest absolute Gasteiger partial charge is 0.372 e. The summed E-state index contributed by atoms with van der Waals surface area (Å²) < 4.78 is 5.75. The van der Waals surface area contributed by atoms with Gasteiger partial charge in [0.15, 0.2) is 5.78 Å². The lowest BCUT2D eigenvalue weighted by Crippen LogP contribution is -2.23. The van der Waals surface area contributed by atoms with Gasteiger partial charge in [0.05, 0.1) is 13.2 Å². The summed E-state index contributed by atoms with van der Waals surface area (Å²) in [6.45, 7) is 5.57. The maximum Gasteiger partial charge on any atom is 0.220 e. The first-order valence-electron chi connectivity index (χ1n) is 10.6. The highest BCUT2D eigenvalue weighted by Crippen LogP contribution is 2.13. The summed E-state index contributed by atoms with van der Waals surface area (Å²) in [5.74, 6) is -0.120. The molecule has 0 saturated carbocycles. The van der Waals surface area contributed by atoms with E-state index in [2.05, 4.69) is 5.32 Å². The molecule has 0 heterocycles. The molecule has 0 aliphatic heterocycles. The minimum Gasteiger partial charge on any atom is -0.372 e. The molecule has 0 aliphatic carbocycles. The molecular weight excluding hydrogens is 386 g/mol. The third kappa shape index (κ3) is 7.19. The van der Waals surface area contributed by atoms with Crippen LogP contribution >= 0.6 is 0 Å². The minimum atomic E-state index is -0.118. The number of benzene rings is 3. The first-order valence-corrected chi connectivity index (χ1v) is 10.6. The van der Waals surface area contributed by atoms with Crippen LogP contribution in [0.2, 0.25) is 0 Å². The van der Waals surface area contributed by atoms with Crippen molar-refractivity contribution in [2.75, 3.05) is 0 Å². The molecule has 4 nitrogen and oxygen atoms in total. The number of carbonyl (C=O) groups is 2. The van der Waals surface area contributed by atoms with Gasteiger partial charge in [0.2, 0.25) is 5.91 Å². The molecule has 0 aliphatic rings. The number of aryl methyl sites for hydroxylation is 2. The van der Waals surface area contributed by atoms with Crippen molar-refractivity contribution in [3.8, 4) is 0 Å². The minimum absolute atomic E-state index is 0.00175. The summed E-state index contributed by atoms with van der Waals surface area (Å²) in [5.41, 5.74) is 6.16. The molecule has 3 aromatic carbocycles. The number of hydrogen-bond donors (Lipinski definition) is 1. The van der Waals surface area contributed by atoms with Gasteiger partial charge in [-0.2, -0.15) is 0 Å². The first kappa shape index (κ1) is 22.4. The van der Waals surface area contributed by atoms with Crippen LogP contribution in [0.25, 0.3) is 0 Å². The van der Waals surface area contributed by atoms with E-state index in [0.717, 1.165) is 27.8 Å². The van der Waals surface area contributed by atoms with Crippen molar-refractivity contribution in [2.24, 2.45) is 0 Å². The van der Waals surface area contributed by atoms with Gasteiger partial charge in [0, 0.05) is 24.9 Å². The number of hydrogen-bond acceptors (Lipinski definition) is 3. The highest BCUT2D eigenvalue weighted by Gasteiger charge is 2.10. The fourth-order valence-electron chi connectivity index (χ4n) is 3.19. The fraction of sp³-hybridized carbons (Fsp3) is 0.259. The molecular formula is C27H29NO3. The molecule has 0 aromatic heterocycles. The zero-order chi connectivity index (χ0) is 22.1. The Morgan fingerprint density at radius 1 is 0.742 bits per heavy atom. The Hall–Kier alpha value is -3.24. The average molecular weight is 416 g/mol. The van der Waals surface area contributed by atoms with Crippen LogP contribution in [-0.2, 0) is 29.3 Å². The van der Waals surface area contributed by atoms with Gasteiger partial charge < -0.3 is 10.1 Å². The number of carbonyl (C=O) groups excluding carboxylic acids is 2. The molecule has 0 radical (unpaired) electrons. The predicted octanol–water partition coefficient (Wildman–Crippen LogP) is 5.30. The Kier molecular flexibility index (Phi) is 8.13. The normalized spacial score (nSPS) is 10.6. The molecule has 0 unspecified atom stereocenters. The maximum absolute atomic E-state index is 12.3. The number of amides is 1. The Bertz CT molecular complexity index is 1010. The van der Waals surface area contributed by atoms with E-state index in [4.69, 9.17) is 4.74 Å². The molecule has 31 heavy (non-hydrogen) atoms. The summed E-state index contributed by atoms with van der Waals surface area (Å²) >= 11 is 0. The van der Waals surface area contributed by atoms with Crippen LogP contribution in [-0.4, -0.2) is 11.7 Å². The molecule has 3 rings (SSSR count). The van der Waals surface area contributed by atoms with E-state index in [1.807, 2.05) is 86.6 Å². The lowest BCUT2D eigenvalue weighted by Gasteiger charge is -2.08. The van der Waals surface area contributed by atoms with Crippen LogP contribution in [0.1, 0.15) is 51.0 Å². The van der Waals surface area contributed by atoms with Gasteiger partial charge in [-0.25, -0.2) is 0 Å². The van der Waals surface area contributed by atoms with Crippen LogP contribution in [0.4, 0.5) is 0 Å². The Balaban J connectivity index is 1.37. The van der Waals surface area contributed by atoms with Gasteiger partial charge in [-0.3, -0.25) is 9.59 Å². The lowest BCUT2D eigenvalue weighted by molar-refractivity contribution is -0.121. The SMILES string of the molecule is Cc1ccc(C(=O)CCC(=O)NCc2ccc(COCc3ccccc3)cc2)cc1C. The number of ether oxygens (including phenoxy) is 1. The van der Waals surface area contributed by atoms with Gasteiger partial charge >= 0.3 is 0 Å². The van der Waals surface area contributed by atoms with Gasteiger partial charge in [-0.15, -0.1) is 0 Å². The second-order valence-corrected chi connectivity index (χ2v) is 7.79. The quantitative estimate of drug-likeness (QED) is 0.457. The Morgan fingerprint density at radius 3 is 2.06 bits per heavy atom. The van der Waals surface area contributed by atoms with Crippen molar-refractivity contribution in [3.05, 3.63) is 106 Å². The Morgan fingerprint density at radius 2 is 1.39 bits per heavy atom. The third-order valence-electron chi connectivity index (χ3n) is 5.30. The smallest absolute Gasteiger partial charge is 0.220 e. The van der Waals surface area contributed by atoms with E-state index in [9.17, 15) is 9.59 Å². The van der Waals surface area contributed by atoms with E-state index in [1.165, 1.54) is 0 Å². The summed E-state index contributed by atoms with van der Waals surface area (Å²) in [5, 5.41) is 2.89. The fourth-order valence-corrected chi connectivity index (χ4v) is 3.19. The zero-order valence-corrected chi connectivity index (χ0v) is 18.2. The number of rotatable bonds is 10. The molecule has 0 atom stereocenters. The second-order valence-electron chi connectivity index (χ2n) is 7.79. The van der Waals surface area contributed by atoms with Crippen LogP contribution < -0.4 is 5.32 Å². The van der Waals surface area contributed by atoms with Gasteiger partial charge in [-0.1, -0.05) is 66.7 Å². The van der Waals surface area contributed by atoms with Crippen molar-refractivity contribution >= 4 is 11.7 Å². The van der Waals surface area contributed by atoms with Gasteiger partial charge in [-0.05, 0) is 47.7 Å². The van der Waals surface area contributed by atoms with Gasteiger partial charge in [0.25, 0.3) is 0 Å². The Labute approximate surface area is 184 Å². The molecule has 0 fully saturated rings. The molecule has 4 heteroatoms. The van der Waals surface area contributed by atoms with Gasteiger partial charge in [0.1, 0.15) is 0 Å². The van der Waals surface area contributed by atoms with Crippen LogP contribution in [0.5, 0.6) is 0 Å². The summed E-state index contributed by atoms with van der Waals surface area (Å²) in [4.78, 5) is 24.4. The van der Waals surface area contributed by atoms with Crippen molar-refractivity contribution in [1.82, 2.24) is 5.32 Å². The molecule has 160 valence electrons. The lowest BCUT2D eigenvalue weighted by atomic mass is 10.0.